The molecule has 0 saturated heterocycles. The number of hydrogen-bond donors (Lipinski definition) is 1. The van der Waals surface area contributed by atoms with Gasteiger partial charge in [-0.1, -0.05) is 30.3 Å². The van der Waals surface area contributed by atoms with Crippen LogP contribution in [0.4, 0.5) is 0 Å². The molecule has 1 N–H and O–H groups in total. The molecule has 1 aromatic heterocycles. The fourth-order valence-corrected chi connectivity index (χ4v) is 2.18. The Morgan fingerprint density at radius 1 is 1.32 bits per heavy atom. The Hall–Kier alpha value is -2.12. The molecule has 1 aromatic carbocycles. The minimum atomic E-state index is -0.666. The smallest absolute Gasteiger partial charge is 0.133 e. The van der Waals surface area contributed by atoms with E-state index in [0.29, 0.717) is 13.0 Å². The molecule has 2 aromatic rings. The summed E-state index contributed by atoms with van der Waals surface area (Å²) in [5, 5.41) is 17.1. The van der Waals surface area contributed by atoms with Gasteiger partial charge in [-0.05, 0) is 25.6 Å². The Bertz CT molecular complexity index is 567. The molecule has 0 saturated carbocycles. The molecule has 0 fully saturated rings. The van der Waals surface area contributed by atoms with E-state index in [1.165, 1.54) is 0 Å². The van der Waals surface area contributed by atoms with Crippen molar-refractivity contribution in [3.63, 3.8) is 0 Å². The van der Waals surface area contributed by atoms with Crippen LogP contribution in [0.5, 0.6) is 0 Å². The van der Waals surface area contributed by atoms with Crippen molar-refractivity contribution in [3.8, 4) is 6.07 Å². The van der Waals surface area contributed by atoms with E-state index in [0.717, 1.165) is 11.3 Å². The predicted octanol–water partition coefficient (Wildman–Crippen LogP) is 2.22. The van der Waals surface area contributed by atoms with Crippen molar-refractivity contribution in [1.82, 2.24) is 15.1 Å². The van der Waals surface area contributed by atoms with Crippen molar-refractivity contribution in [2.45, 2.75) is 25.4 Å². The third-order valence-electron chi connectivity index (χ3n) is 3.37. The highest BCUT2D eigenvalue weighted by Crippen LogP contribution is 2.24. The number of rotatable bonds is 5. The summed E-state index contributed by atoms with van der Waals surface area (Å²) in [6.07, 6.45) is 2.61. The number of benzene rings is 1. The Morgan fingerprint density at radius 3 is 2.58 bits per heavy atom. The van der Waals surface area contributed by atoms with E-state index in [-0.39, 0.29) is 0 Å². The van der Waals surface area contributed by atoms with Crippen LogP contribution in [-0.2, 0) is 12.1 Å². The van der Waals surface area contributed by atoms with Gasteiger partial charge in [-0.2, -0.15) is 10.4 Å². The van der Waals surface area contributed by atoms with Gasteiger partial charge in [0.25, 0.3) is 0 Å². The summed E-state index contributed by atoms with van der Waals surface area (Å²) < 4.78 is 1.88. The summed E-state index contributed by atoms with van der Waals surface area (Å²) >= 11 is 0. The SMILES string of the molecule is CNC(C#N)(CCn1ccc(C)n1)c1ccccc1. The van der Waals surface area contributed by atoms with Crippen LogP contribution in [0.3, 0.4) is 0 Å². The molecule has 0 aliphatic rings. The van der Waals surface area contributed by atoms with E-state index >= 15 is 0 Å². The normalized spacial score (nSPS) is 13.7. The zero-order chi connectivity index (χ0) is 13.7. The maximum atomic E-state index is 9.57. The number of hydrogen-bond acceptors (Lipinski definition) is 3. The fraction of sp³-hybridized carbons (Fsp3) is 0.333. The highest BCUT2D eigenvalue weighted by Gasteiger charge is 2.29. The van der Waals surface area contributed by atoms with Gasteiger partial charge in [0.1, 0.15) is 5.54 Å². The lowest BCUT2D eigenvalue weighted by Crippen LogP contribution is -2.39. The summed E-state index contributed by atoms with van der Waals surface area (Å²) in [7, 11) is 1.82. The first-order chi connectivity index (χ1) is 9.20. The Balaban J connectivity index is 2.19. The third kappa shape index (κ3) is 2.83. The number of nitriles is 1. The summed E-state index contributed by atoms with van der Waals surface area (Å²) in [5.74, 6) is 0. The van der Waals surface area contributed by atoms with E-state index in [2.05, 4.69) is 16.5 Å². The molecule has 0 spiro atoms. The van der Waals surface area contributed by atoms with Crippen molar-refractivity contribution in [2.24, 2.45) is 0 Å². The number of nitrogens with one attached hydrogen (secondary N) is 1. The molecule has 1 atom stereocenters. The number of aryl methyl sites for hydroxylation is 2. The number of nitrogens with zero attached hydrogens (tertiary/aromatic N) is 3. The minimum Gasteiger partial charge on any atom is -0.299 e. The van der Waals surface area contributed by atoms with Crippen molar-refractivity contribution >= 4 is 0 Å². The summed E-state index contributed by atoms with van der Waals surface area (Å²) in [6.45, 7) is 2.67. The molecular formula is C15H18N4. The van der Waals surface area contributed by atoms with Crippen LogP contribution in [0.2, 0.25) is 0 Å². The summed E-state index contributed by atoms with van der Waals surface area (Å²) in [4.78, 5) is 0. The average Bonchev–Trinajstić information content (AvgIpc) is 2.88. The summed E-state index contributed by atoms with van der Waals surface area (Å²) in [6, 6.07) is 14.2. The van der Waals surface area contributed by atoms with Crippen LogP contribution >= 0.6 is 0 Å². The first-order valence-electron chi connectivity index (χ1n) is 6.36. The van der Waals surface area contributed by atoms with E-state index in [9.17, 15) is 5.26 Å². The quantitative estimate of drug-likeness (QED) is 0.890. The molecule has 0 aliphatic carbocycles. The zero-order valence-corrected chi connectivity index (χ0v) is 11.3. The van der Waals surface area contributed by atoms with Gasteiger partial charge < -0.3 is 0 Å². The molecule has 4 heteroatoms. The molecule has 0 aliphatic heterocycles. The maximum absolute atomic E-state index is 9.57. The van der Waals surface area contributed by atoms with Crippen LogP contribution in [0, 0.1) is 18.3 Å². The van der Waals surface area contributed by atoms with Crippen molar-refractivity contribution < 1.29 is 0 Å². The van der Waals surface area contributed by atoms with Crippen LogP contribution in [0.25, 0.3) is 0 Å². The van der Waals surface area contributed by atoms with Gasteiger partial charge in [0.15, 0.2) is 0 Å². The highest BCUT2D eigenvalue weighted by atomic mass is 15.3. The van der Waals surface area contributed by atoms with Crippen molar-refractivity contribution in [1.29, 1.82) is 5.26 Å². The van der Waals surface area contributed by atoms with Gasteiger partial charge in [0, 0.05) is 19.2 Å². The molecule has 4 nitrogen and oxygen atoms in total. The first kappa shape index (κ1) is 13.3. The molecule has 1 heterocycles. The second kappa shape index (κ2) is 5.68. The highest BCUT2D eigenvalue weighted by molar-refractivity contribution is 5.31. The van der Waals surface area contributed by atoms with Gasteiger partial charge in [0.05, 0.1) is 11.8 Å². The first-order valence-corrected chi connectivity index (χ1v) is 6.36. The van der Waals surface area contributed by atoms with Gasteiger partial charge in [-0.3, -0.25) is 10.00 Å². The number of aromatic nitrogens is 2. The van der Waals surface area contributed by atoms with Gasteiger partial charge >= 0.3 is 0 Å². The predicted molar refractivity (Wildman–Crippen MR) is 74.4 cm³/mol. The molecular weight excluding hydrogens is 236 g/mol. The Morgan fingerprint density at radius 2 is 2.05 bits per heavy atom. The second-order valence-corrected chi connectivity index (χ2v) is 4.60. The molecule has 1 unspecified atom stereocenters. The third-order valence-corrected chi connectivity index (χ3v) is 3.37. The van der Waals surface area contributed by atoms with Gasteiger partial charge in [0.2, 0.25) is 0 Å². The molecule has 0 radical (unpaired) electrons. The van der Waals surface area contributed by atoms with Crippen molar-refractivity contribution in [2.75, 3.05) is 7.05 Å². The largest absolute Gasteiger partial charge is 0.299 e. The van der Waals surface area contributed by atoms with E-state index in [1.54, 1.807) is 0 Å². The molecule has 2 rings (SSSR count). The molecule has 19 heavy (non-hydrogen) atoms. The molecule has 0 amide bonds. The zero-order valence-electron chi connectivity index (χ0n) is 11.3. The topological polar surface area (TPSA) is 53.6 Å². The minimum absolute atomic E-state index is 0.666. The molecule has 98 valence electrons. The lowest BCUT2D eigenvalue weighted by atomic mass is 9.88. The second-order valence-electron chi connectivity index (χ2n) is 4.60. The lowest BCUT2D eigenvalue weighted by Gasteiger charge is -2.26. The maximum Gasteiger partial charge on any atom is 0.133 e. The van der Waals surface area contributed by atoms with E-state index in [4.69, 9.17) is 0 Å². The van der Waals surface area contributed by atoms with Crippen molar-refractivity contribution in [3.05, 3.63) is 53.9 Å². The lowest BCUT2D eigenvalue weighted by molar-refractivity contribution is 0.389. The van der Waals surface area contributed by atoms with Gasteiger partial charge in [-0.25, -0.2) is 0 Å². The van der Waals surface area contributed by atoms with E-state index in [1.807, 2.05) is 61.2 Å². The monoisotopic (exact) mass is 254 g/mol. The standard InChI is InChI=1S/C15H18N4/c1-13-8-10-19(18-13)11-9-15(12-16,17-2)14-6-4-3-5-7-14/h3-8,10,17H,9,11H2,1-2H3. The van der Waals surface area contributed by atoms with Gasteiger partial charge in [-0.15, -0.1) is 0 Å². The van der Waals surface area contributed by atoms with Crippen LogP contribution in [-0.4, -0.2) is 16.8 Å². The van der Waals surface area contributed by atoms with Crippen LogP contribution < -0.4 is 5.32 Å². The fourth-order valence-electron chi connectivity index (χ4n) is 2.18. The van der Waals surface area contributed by atoms with E-state index < -0.39 is 5.54 Å². The van der Waals surface area contributed by atoms with Crippen LogP contribution in [0.15, 0.2) is 42.6 Å². The Labute approximate surface area is 113 Å². The summed E-state index contributed by atoms with van der Waals surface area (Å²) in [5.41, 5.74) is 1.32. The Kier molecular flexibility index (Phi) is 3.98. The van der Waals surface area contributed by atoms with Crippen LogP contribution in [0.1, 0.15) is 17.7 Å². The average molecular weight is 254 g/mol. The molecule has 0 bridgehead atoms.